The lowest BCUT2D eigenvalue weighted by Gasteiger charge is -2.37. The van der Waals surface area contributed by atoms with Gasteiger partial charge in [-0.25, -0.2) is 0 Å². The molecule has 22 heavy (non-hydrogen) atoms. The Bertz CT molecular complexity index is 480. The number of nitrogens with one attached hydrogen (secondary N) is 1. The van der Waals surface area contributed by atoms with E-state index in [1.807, 2.05) is 0 Å². The van der Waals surface area contributed by atoms with Crippen LogP contribution in [-0.4, -0.2) is 24.8 Å². The summed E-state index contributed by atoms with van der Waals surface area (Å²) in [4.78, 5) is 0. The van der Waals surface area contributed by atoms with Gasteiger partial charge in [0.2, 0.25) is 0 Å². The van der Waals surface area contributed by atoms with Gasteiger partial charge in [-0.15, -0.1) is 0 Å². The Balaban J connectivity index is 1.57. The Kier molecular flexibility index (Phi) is 4.61. The summed E-state index contributed by atoms with van der Waals surface area (Å²) in [5, 5.41) is 3.81. The van der Waals surface area contributed by atoms with Crippen LogP contribution in [0.2, 0.25) is 0 Å². The molecule has 1 saturated carbocycles. The number of benzene rings is 1. The molecule has 0 spiro atoms. The highest BCUT2D eigenvalue weighted by Gasteiger charge is 2.42. The van der Waals surface area contributed by atoms with Gasteiger partial charge in [0, 0.05) is 12.6 Å². The summed E-state index contributed by atoms with van der Waals surface area (Å²) in [6, 6.07) is 11.7. The second kappa shape index (κ2) is 6.33. The third-order valence-electron chi connectivity index (χ3n) is 5.69. The van der Waals surface area contributed by atoms with Gasteiger partial charge in [0.1, 0.15) is 0 Å². The van der Waals surface area contributed by atoms with Crippen LogP contribution >= 0.6 is 0 Å². The molecule has 1 heterocycles. The summed E-state index contributed by atoms with van der Waals surface area (Å²) >= 11 is 0. The van der Waals surface area contributed by atoms with E-state index in [4.69, 9.17) is 4.74 Å². The van der Waals surface area contributed by atoms with E-state index in [0.717, 1.165) is 31.9 Å². The van der Waals surface area contributed by atoms with Crippen LogP contribution in [-0.2, 0) is 10.2 Å². The van der Waals surface area contributed by atoms with Gasteiger partial charge in [0.05, 0.1) is 5.60 Å². The summed E-state index contributed by atoms with van der Waals surface area (Å²) in [5.41, 5.74) is 1.90. The van der Waals surface area contributed by atoms with E-state index in [1.54, 1.807) is 0 Å². The predicted octanol–water partition coefficient (Wildman–Crippen LogP) is 4.29. The highest BCUT2D eigenvalue weighted by atomic mass is 16.5. The van der Waals surface area contributed by atoms with Crippen LogP contribution in [0.25, 0.3) is 0 Å². The van der Waals surface area contributed by atoms with Crippen molar-refractivity contribution in [3.63, 3.8) is 0 Å². The average Bonchev–Trinajstić information content (AvgIpc) is 3.32. The van der Waals surface area contributed by atoms with Crippen molar-refractivity contribution in [1.82, 2.24) is 5.32 Å². The molecule has 1 N–H and O–H groups in total. The highest BCUT2D eigenvalue weighted by Crippen LogP contribution is 2.49. The Hall–Kier alpha value is -0.860. The highest BCUT2D eigenvalue weighted by molar-refractivity contribution is 5.27. The van der Waals surface area contributed by atoms with Crippen molar-refractivity contribution in [2.75, 3.05) is 13.2 Å². The number of hydrogen-bond acceptors (Lipinski definition) is 2. The van der Waals surface area contributed by atoms with Crippen molar-refractivity contribution in [2.24, 2.45) is 5.92 Å². The van der Waals surface area contributed by atoms with E-state index in [1.165, 1.54) is 24.8 Å². The molecule has 122 valence electrons. The minimum atomic E-state index is 0.0368. The number of hydrogen-bond donors (Lipinski definition) is 1. The first-order chi connectivity index (χ1) is 10.5. The summed E-state index contributed by atoms with van der Waals surface area (Å²) in [5.74, 6) is 0.878. The minimum Gasteiger partial charge on any atom is -0.375 e. The number of ether oxygens (including phenoxy) is 1. The minimum absolute atomic E-state index is 0.0368. The van der Waals surface area contributed by atoms with Crippen molar-refractivity contribution in [3.05, 3.63) is 35.9 Å². The fourth-order valence-electron chi connectivity index (χ4n) is 4.07. The zero-order chi connectivity index (χ0) is 15.6. The molecule has 2 fully saturated rings. The first kappa shape index (κ1) is 16.0. The van der Waals surface area contributed by atoms with Gasteiger partial charge in [0.15, 0.2) is 0 Å². The third-order valence-corrected chi connectivity index (χ3v) is 5.69. The Morgan fingerprint density at radius 2 is 1.91 bits per heavy atom. The summed E-state index contributed by atoms with van der Waals surface area (Å²) < 4.78 is 5.82. The standard InChI is InChI=1S/C20H31NO/c1-19(2)15-18(11-14-22-19)21-13-12-20(3,17-9-10-17)16-7-5-4-6-8-16/h4-8,17-18,21H,9-15H2,1-3H3/t18-,20-/m1/s1. The van der Waals surface area contributed by atoms with Gasteiger partial charge < -0.3 is 10.1 Å². The van der Waals surface area contributed by atoms with Crippen molar-refractivity contribution in [1.29, 1.82) is 0 Å². The molecular formula is C20H31NO. The van der Waals surface area contributed by atoms with Crippen LogP contribution in [0.3, 0.4) is 0 Å². The molecule has 0 bridgehead atoms. The normalized spacial score (nSPS) is 27.3. The third kappa shape index (κ3) is 3.72. The van der Waals surface area contributed by atoms with Gasteiger partial charge in [-0.1, -0.05) is 37.3 Å². The fourth-order valence-corrected chi connectivity index (χ4v) is 4.07. The molecule has 1 aliphatic carbocycles. The maximum absolute atomic E-state index is 5.82. The van der Waals surface area contributed by atoms with E-state index in [0.29, 0.717) is 11.5 Å². The zero-order valence-electron chi connectivity index (χ0n) is 14.4. The topological polar surface area (TPSA) is 21.3 Å². The van der Waals surface area contributed by atoms with Gasteiger partial charge in [-0.2, -0.15) is 0 Å². The summed E-state index contributed by atoms with van der Waals surface area (Å²) in [6.07, 6.45) is 6.30. The maximum Gasteiger partial charge on any atom is 0.0641 e. The molecule has 0 amide bonds. The second-order valence-corrected chi connectivity index (χ2v) is 8.06. The summed E-state index contributed by atoms with van der Waals surface area (Å²) in [7, 11) is 0. The zero-order valence-corrected chi connectivity index (χ0v) is 14.4. The average molecular weight is 301 g/mol. The molecule has 1 aromatic carbocycles. The van der Waals surface area contributed by atoms with Crippen LogP contribution in [0.1, 0.15) is 58.4 Å². The monoisotopic (exact) mass is 301 g/mol. The van der Waals surface area contributed by atoms with Crippen LogP contribution in [0.15, 0.2) is 30.3 Å². The van der Waals surface area contributed by atoms with Crippen molar-refractivity contribution in [2.45, 2.75) is 69.9 Å². The smallest absolute Gasteiger partial charge is 0.0641 e. The Labute approximate surface area is 135 Å². The van der Waals surface area contributed by atoms with Crippen LogP contribution < -0.4 is 5.32 Å². The van der Waals surface area contributed by atoms with Gasteiger partial charge in [-0.3, -0.25) is 0 Å². The van der Waals surface area contributed by atoms with Gasteiger partial charge >= 0.3 is 0 Å². The lowest BCUT2D eigenvalue weighted by atomic mass is 9.75. The van der Waals surface area contributed by atoms with E-state index < -0.39 is 0 Å². The van der Waals surface area contributed by atoms with Crippen molar-refractivity contribution < 1.29 is 4.74 Å². The molecule has 2 nitrogen and oxygen atoms in total. The lowest BCUT2D eigenvalue weighted by molar-refractivity contribution is -0.0629. The Morgan fingerprint density at radius 3 is 2.55 bits per heavy atom. The van der Waals surface area contributed by atoms with E-state index in [9.17, 15) is 0 Å². The van der Waals surface area contributed by atoms with E-state index in [2.05, 4.69) is 56.4 Å². The fraction of sp³-hybridized carbons (Fsp3) is 0.700. The molecule has 3 rings (SSSR count). The molecule has 1 saturated heterocycles. The van der Waals surface area contributed by atoms with Crippen LogP contribution in [0, 0.1) is 5.92 Å². The molecule has 1 aromatic rings. The SMILES string of the molecule is CC1(C)C[C@H](NCC[C@](C)(c2ccccc2)C2CC2)CCO1. The molecular weight excluding hydrogens is 270 g/mol. The lowest BCUT2D eigenvalue weighted by Crippen LogP contribution is -2.45. The molecule has 0 aromatic heterocycles. The molecule has 2 heteroatoms. The van der Waals surface area contributed by atoms with Crippen LogP contribution in [0.5, 0.6) is 0 Å². The molecule has 0 radical (unpaired) electrons. The van der Waals surface area contributed by atoms with E-state index >= 15 is 0 Å². The largest absolute Gasteiger partial charge is 0.375 e. The second-order valence-electron chi connectivity index (χ2n) is 8.06. The first-order valence-corrected chi connectivity index (χ1v) is 8.92. The van der Waals surface area contributed by atoms with Crippen molar-refractivity contribution >= 4 is 0 Å². The molecule has 1 aliphatic heterocycles. The molecule has 2 atom stereocenters. The predicted molar refractivity (Wildman–Crippen MR) is 92.2 cm³/mol. The summed E-state index contributed by atoms with van der Waals surface area (Å²) in [6.45, 7) is 8.89. The van der Waals surface area contributed by atoms with Crippen molar-refractivity contribution in [3.8, 4) is 0 Å². The van der Waals surface area contributed by atoms with Crippen LogP contribution in [0.4, 0.5) is 0 Å². The molecule has 2 aliphatic rings. The maximum atomic E-state index is 5.82. The van der Waals surface area contributed by atoms with Gasteiger partial charge in [-0.05, 0) is 69.4 Å². The number of rotatable bonds is 6. The Morgan fingerprint density at radius 1 is 1.18 bits per heavy atom. The quantitative estimate of drug-likeness (QED) is 0.846. The molecule has 0 unspecified atom stereocenters. The van der Waals surface area contributed by atoms with E-state index in [-0.39, 0.29) is 5.60 Å². The first-order valence-electron chi connectivity index (χ1n) is 8.92. The van der Waals surface area contributed by atoms with Gasteiger partial charge in [0.25, 0.3) is 0 Å².